The molecule has 8 heteroatoms. The molecule has 0 aliphatic carbocycles. The van der Waals surface area contributed by atoms with E-state index in [-0.39, 0.29) is 11.4 Å². The van der Waals surface area contributed by atoms with Crippen LogP contribution in [0.15, 0.2) is 51.4 Å². The molecule has 0 fully saturated rings. The van der Waals surface area contributed by atoms with Gasteiger partial charge in [0.25, 0.3) is 5.56 Å². The number of rotatable bonds is 6. The van der Waals surface area contributed by atoms with E-state index in [0.29, 0.717) is 18.6 Å². The van der Waals surface area contributed by atoms with E-state index in [2.05, 4.69) is 0 Å². The summed E-state index contributed by atoms with van der Waals surface area (Å²) in [5, 5.41) is 1.95. The fraction of sp³-hybridized carbons (Fsp3) is 0.211. The summed E-state index contributed by atoms with van der Waals surface area (Å²) >= 11 is 1.55. The number of ether oxygens (including phenoxy) is 1. The Balaban J connectivity index is 2.26. The number of hydrogen-bond acceptors (Lipinski definition) is 6. The van der Waals surface area contributed by atoms with E-state index in [9.17, 15) is 14.4 Å². The van der Waals surface area contributed by atoms with Crippen LogP contribution in [-0.4, -0.2) is 22.5 Å². The van der Waals surface area contributed by atoms with E-state index < -0.39 is 11.2 Å². The number of methoxy groups -OCH3 is 1. The highest BCUT2D eigenvalue weighted by Gasteiger charge is 2.22. The Labute approximate surface area is 159 Å². The third-order valence-electron chi connectivity index (χ3n) is 4.32. The smallest absolute Gasteiger partial charge is 0.332 e. The van der Waals surface area contributed by atoms with E-state index in [1.807, 2.05) is 29.6 Å². The average molecular weight is 385 g/mol. The van der Waals surface area contributed by atoms with E-state index >= 15 is 0 Å². The molecule has 7 nitrogen and oxygen atoms in total. The first-order valence-corrected chi connectivity index (χ1v) is 9.05. The summed E-state index contributed by atoms with van der Waals surface area (Å²) in [6, 6.07) is 11.1. The SMILES string of the molecule is COc1ccc(N(Cc2cccs2)c2c(C=O)c(=O)n(C)c(=O)n2C)cc1. The predicted octanol–water partition coefficient (Wildman–Crippen LogP) is 2.30. The van der Waals surface area contributed by atoms with Gasteiger partial charge in [-0.25, -0.2) is 4.79 Å². The lowest BCUT2D eigenvalue weighted by Gasteiger charge is -2.27. The summed E-state index contributed by atoms with van der Waals surface area (Å²) in [7, 11) is 4.49. The van der Waals surface area contributed by atoms with Gasteiger partial charge in [-0.15, -0.1) is 11.3 Å². The van der Waals surface area contributed by atoms with Crippen molar-refractivity contribution in [3.8, 4) is 5.75 Å². The van der Waals surface area contributed by atoms with Gasteiger partial charge in [-0.1, -0.05) is 6.07 Å². The molecule has 0 spiro atoms. The number of benzene rings is 1. The van der Waals surface area contributed by atoms with Crippen LogP contribution in [0.25, 0.3) is 0 Å². The van der Waals surface area contributed by atoms with Gasteiger partial charge in [0.1, 0.15) is 17.1 Å². The Morgan fingerprint density at radius 3 is 2.37 bits per heavy atom. The van der Waals surface area contributed by atoms with Crippen molar-refractivity contribution in [2.45, 2.75) is 6.54 Å². The number of carbonyl (C=O) groups excluding carboxylic acids is 1. The topological polar surface area (TPSA) is 73.5 Å². The summed E-state index contributed by atoms with van der Waals surface area (Å²) < 4.78 is 7.46. The van der Waals surface area contributed by atoms with Crippen molar-refractivity contribution in [2.75, 3.05) is 12.0 Å². The fourth-order valence-corrected chi connectivity index (χ4v) is 3.59. The van der Waals surface area contributed by atoms with Crippen molar-refractivity contribution in [2.24, 2.45) is 14.1 Å². The van der Waals surface area contributed by atoms with Crippen molar-refractivity contribution >= 4 is 29.1 Å². The highest BCUT2D eigenvalue weighted by molar-refractivity contribution is 7.09. The Hall–Kier alpha value is -3.13. The standard InChI is InChI=1S/C19H19N3O4S/c1-20-17(16(12-23)18(24)21(2)19(20)25)22(11-15-5-4-10-27-15)13-6-8-14(26-3)9-7-13/h4-10,12H,11H2,1-3H3. The summed E-state index contributed by atoms with van der Waals surface area (Å²) in [5.74, 6) is 0.944. The molecule has 3 aromatic rings. The molecule has 0 amide bonds. The van der Waals surface area contributed by atoms with E-state index in [4.69, 9.17) is 4.74 Å². The maximum absolute atomic E-state index is 12.5. The first kappa shape index (κ1) is 18.7. The zero-order chi connectivity index (χ0) is 19.6. The minimum Gasteiger partial charge on any atom is -0.497 e. The largest absolute Gasteiger partial charge is 0.497 e. The molecule has 2 aromatic heterocycles. The Morgan fingerprint density at radius 2 is 1.81 bits per heavy atom. The molecular weight excluding hydrogens is 366 g/mol. The predicted molar refractivity (Wildman–Crippen MR) is 105 cm³/mol. The lowest BCUT2D eigenvalue weighted by atomic mass is 10.2. The van der Waals surface area contributed by atoms with E-state index in [1.165, 1.54) is 11.6 Å². The summed E-state index contributed by atoms with van der Waals surface area (Å²) in [6.45, 7) is 0.408. The lowest BCUT2D eigenvalue weighted by molar-refractivity contribution is 0.112. The number of aldehydes is 1. The number of anilines is 2. The molecule has 3 rings (SSSR count). The maximum atomic E-state index is 12.5. The first-order chi connectivity index (χ1) is 13.0. The van der Waals surface area contributed by atoms with Crippen LogP contribution in [-0.2, 0) is 20.6 Å². The summed E-state index contributed by atoms with van der Waals surface area (Å²) in [6.07, 6.45) is 0.502. The van der Waals surface area contributed by atoms with Gasteiger partial charge in [0.15, 0.2) is 6.29 Å². The number of thiophene rings is 1. The summed E-state index contributed by atoms with van der Waals surface area (Å²) in [4.78, 5) is 39.5. The molecule has 0 radical (unpaired) electrons. The normalized spacial score (nSPS) is 10.6. The molecule has 0 aliphatic rings. The molecule has 0 atom stereocenters. The molecule has 0 aliphatic heterocycles. The van der Waals surface area contributed by atoms with E-state index in [1.54, 1.807) is 42.5 Å². The molecule has 0 saturated heterocycles. The zero-order valence-corrected chi connectivity index (χ0v) is 16.0. The van der Waals surface area contributed by atoms with Crippen LogP contribution in [0.5, 0.6) is 5.75 Å². The number of carbonyl (C=O) groups is 1. The van der Waals surface area contributed by atoms with Crippen LogP contribution in [0.2, 0.25) is 0 Å². The lowest BCUT2D eigenvalue weighted by Crippen LogP contribution is -2.42. The third kappa shape index (κ3) is 3.43. The third-order valence-corrected chi connectivity index (χ3v) is 5.18. The Bertz CT molecular complexity index is 1070. The molecule has 2 heterocycles. The molecule has 0 bridgehead atoms. The number of nitrogens with zero attached hydrogens (tertiary/aromatic N) is 3. The quantitative estimate of drug-likeness (QED) is 0.609. The first-order valence-electron chi connectivity index (χ1n) is 8.17. The van der Waals surface area contributed by atoms with Crippen molar-refractivity contribution in [1.29, 1.82) is 0 Å². The molecular formula is C19H19N3O4S. The maximum Gasteiger partial charge on any atom is 0.332 e. The van der Waals surface area contributed by atoms with Crippen molar-refractivity contribution in [3.63, 3.8) is 0 Å². The van der Waals surface area contributed by atoms with Gasteiger partial charge in [-0.05, 0) is 35.7 Å². The van der Waals surface area contributed by atoms with Crippen molar-refractivity contribution in [1.82, 2.24) is 9.13 Å². The average Bonchev–Trinajstić information content (AvgIpc) is 3.21. The van der Waals surface area contributed by atoms with Crippen LogP contribution >= 0.6 is 11.3 Å². The Morgan fingerprint density at radius 1 is 1.11 bits per heavy atom. The van der Waals surface area contributed by atoms with Crippen LogP contribution in [0.3, 0.4) is 0 Å². The van der Waals surface area contributed by atoms with Crippen molar-refractivity contribution in [3.05, 3.63) is 73.1 Å². The highest BCUT2D eigenvalue weighted by atomic mass is 32.1. The molecule has 0 N–H and O–H groups in total. The minimum absolute atomic E-state index is 0.0630. The second-order valence-electron chi connectivity index (χ2n) is 5.92. The van der Waals surface area contributed by atoms with Gasteiger partial charge in [-0.3, -0.25) is 18.7 Å². The van der Waals surface area contributed by atoms with Gasteiger partial charge < -0.3 is 9.64 Å². The summed E-state index contributed by atoms with van der Waals surface area (Å²) in [5.41, 5.74) is -0.444. The molecule has 27 heavy (non-hydrogen) atoms. The zero-order valence-electron chi connectivity index (χ0n) is 15.2. The van der Waals surface area contributed by atoms with Gasteiger partial charge in [-0.2, -0.15) is 0 Å². The minimum atomic E-state index is -0.618. The molecule has 140 valence electrons. The van der Waals surface area contributed by atoms with E-state index in [0.717, 1.165) is 15.1 Å². The van der Waals surface area contributed by atoms with Gasteiger partial charge in [0.05, 0.1) is 13.7 Å². The molecule has 0 saturated carbocycles. The Kier molecular flexibility index (Phi) is 5.27. The van der Waals surface area contributed by atoms with Crippen LogP contribution in [0.4, 0.5) is 11.5 Å². The van der Waals surface area contributed by atoms with Crippen LogP contribution < -0.4 is 20.9 Å². The monoisotopic (exact) mass is 385 g/mol. The highest BCUT2D eigenvalue weighted by Crippen LogP contribution is 2.30. The van der Waals surface area contributed by atoms with Crippen molar-refractivity contribution < 1.29 is 9.53 Å². The molecule has 1 aromatic carbocycles. The second kappa shape index (κ2) is 7.63. The van der Waals surface area contributed by atoms with Gasteiger partial charge in [0.2, 0.25) is 0 Å². The molecule has 0 unspecified atom stereocenters. The fourth-order valence-electron chi connectivity index (χ4n) is 2.90. The van der Waals surface area contributed by atoms with Crippen LogP contribution in [0.1, 0.15) is 15.2 Å². The van der Waals surface area contributed by atoms with Crippen LogP contribution in [0, 0.1) is 0 Å². The number of hydrogen-bond donors (Lipinski definition) is 0. The number of aromatic nitrogens is 2. The second-order valence-corrected chi connectivity index (χ2v) is 6.96. The van der Waals surface area contributed by atoms with Gasteiger partial charge >= 0.3 is 5.69 Å². The van der Waals surface area contributed by atoms with Gasteiger partial charge in [0, 0.05) is 24.7 Å².